The second-order valence-corrected chi connectivity index (χ2v) is 7.22. The van der Waals surface area contributed by atoms with Crippen molar-refractivity contribution < 1.29 is 18.3 Å². The van der Waals surface area contributed by atoms with Crippen LogP contribution in [0, 0.1) is 0 Å². The Morgan fingerprint density at radius 2 is 2.20 bits per heavy atom. The number of hydrogen-bond acceptors (Lipinski definition) is 5. The molecule has 7 heteroatoms. The number of sulfonamides is 1. The fourth-order valence-electron chi connectivity index (χ4n) is 1.65. The number of rotatable bonds is 7. The summed E-state index contributed by atoms with van der Waals surface area (Å²) in [4.78, 5) is 12.3. The fourth-order valence-corrected chi connectivity index (χ4v) is 4.23. The van der Waals surface area contributed by atoms with Gasteiger partial charge in [0.1, 0.15) is 4.21 Å². The Balaban J connectivity index is 3.13. The van der Waals surface area contributed by atoms with Crippen molar-refractivity contribution in [2.24, 2.45) is 0 Å². The Kier molecular flexibility index (Phi) is 6.38. The molecular weight excluding hydrogens is 298 g/mol. The van der Waals surface area contributed by atoms with E-state index in [-0.39, 0.29) is 23.8 Å². The molecule has 0 aliphatic carbocycles. The van der Waals surface area contributed by atoms with Gasteiger partial charge >= 0.3 is 0 Å². The SMILES string of the molecule is CC/C=C(/C)C(=O)N(CCCO)S(=O)(=O)c1cccs1. The van der Waals surface area contributed by atoms with Crippen LogP contribution in [0.15, 0.2) is 33.4 Å². The lowest BCUT2D eigenvalue weighted by molar-refractivity contribution is -0.122. The maximum atomic E-state index is 12.5. The summed E-state index contributed by atoms with van der Waals surface area (Å²) >= 11 is 1.07. The largest absolute Gasteiger partial charge is 0.396 e. The van der Waals surface area contributed by atoms with Crippen LogP contribution in [0.2, 0.25) is 0 Å². The summed E-state index contributed by atoms with van der Waals surface area (Å²) in [5, 5.41) is 10.5. The van der Waals surface area contributed by atoms with Gasteiger partial charge in [0.05, 0.1) is 0 Å². The normalized spacial score (nSPS) is 12.4. The van der Waals surface area contributed by atoms with Gasteiger partial charge in [-0.05, 0) is 31.2 Å². The van der Waals surface area contributed by atoms with E-state index in [1.54, 1.807) is 24.4 Å². The molecule has 1 aromatic heterocycles. The highest BCUT2D eigenvalue weighted by Gasteiger charge is 2.30. The molecule has 1 N–H and O–H groups in total. The van der Waals surface area contributed by atoms with Crippen molar-refractivity contribution in [1.82, 2.24) is 4.31 Å². The average Bonchev–Trinajstić information content (AvgIpc) is 2.93. The van der Waals surface area contributed by atoms with Crippen molar-refractivity contribution in [3.8, 4) is 0 Å². The number of carbonyl (C=O) groups is 1. The predicted molar refractivity (Wildman–Crippen MR) is 79.0 cm³/mol. The van der Waals surface area contributed by atoms with E-state index in [9.17, 15) is 13.2 Å². The van der Waals surface area contributed by atoms with Crippen LogP contribution in [-0.4, -0.2) is 36.9 Å². The van der Waals surface area contributed by atoms with Crippen molar-refractivity contribution in [3.63, 3.8) is 0 Å². The van der Waals surface area contributed by atoms with Gasteiger partial charge in [-0.25, -0.2) is 12.7 Å². The summed E-state index contributed by atoms with van der Waals surface area (Å²) in [6.45, 7) is 3.29. The molecule has 0 bridgehead atoms. The molecule has 0 unspecified atom stereocenters. The molecule has 0 fully saturated rings. The van der Waals surface area contributed by atoms with E-state index >= 15 is 0 Å². The minimum absolute atomic E-state index is 0.0234. The first kappa shape index (κ1) is 16.9. The lowest BCUT2D eigenvalue weighted by Gasteiger charge is -2.21. The number of carbonyl (C=O) groups excluding carboxylic acids is 1. The van der Waals surface area contributed by atoms with Crippen LogP contribution in [0.4, 0.5) is 0 Å². The summed E-state index contributed by atoms with van der Waals surface area (Å²) in [6.07, 6.45) is 2.57. The van der Waals surface area contributed by atoms with Crippen LogP contribution in [0.25, 0.3) is 0 Å². The third kappa shape index (κ3) is 3.91. The second-order valence-electron chi connectivity index (χ2n) is 4.19. The summed E-state index contributed by atoms with van der Waals surface area (Å²) < 4.78 is 25.9. The minimum atomic E-state index is -3.84. The molecule has 1 heterocycles. The molecule has 0 radical (unpaired) electrons. The van der Waals surface area contributed by atoms with Gasteiger partial charge in [0.2, 0.25) is 0 Å². The molecule has 0 saturated carbocycles. The molecule has 0 spiro atoms. The number of amides is 1. The molecule has 5 nitrogen and oxygen atoms in total. The number of allylic oxidation sites excluding steroid dienone is 1. The quantitative estimate of drug-likeness (QED) is 0.781. The highest BCUT2D eigenvalue weighted by atomic mass is 32.2. The predicted octanol–water partition coefficient (Wildman–Crippen LogP) is 2.00. The molecule has 0 atom stereocenters. The van der Waals surface area contributed by atoms with Gasteiger partial charge in [-0.2, -0.15) is 0 Å². The summed E-state index contributed by atoms with van der Waals surface area (Å²) in [7, 11) is -3.84. The van der Waals surface area contributed by atoms with Gasteiger partial charge in [-0.1, -0.05) is 19.1 Å². The van der Waals surface area contributed by atoms with Crippen LogP contribution in [0.1, 0.15) is 26.7 Å². The van der Waals surface area contributed by atoms with E-state index in [2.05, 4.69) is 0 Å². The zero-order valence-electron chi connectivity index (χ0n) is 11.6. The zero-order valence-corrected chi connectivity index (χ0v) is 13.2. The van der Waals surface area contributed by atoms with E-state index in [4.69, 9.17) is 5.11 Å². The summed E-state index contributed by atoms with van der Waals surface area (Å²) in [5.74, 6) is -0.534. The van der Waals surface area contributed by atoms with Crippen LogP contribution >= 0.6 is 11.3 Å². The van der Waals surface area contributed by atoms with Gasteiger partial charge in [0, 0.05) is 18.7 Å². The monoisotopic (exact) mass is 317 g/mol. The van der Waals surface area contributed by atoms with Gasteiger partial charge < -0.3 is 5.11 Å². The Labute approximate surface area is 123 Å². The molecule has 0 saturated heterocycles. The number of nitrogens with zero attached hydrogens (tertiary/aromatic N) is 1. The average molecular weight is 317 g/mol. The third-order valence-corrected chi connectivity index (χ3v) is 5.79. The van der Waals surface area contributed by atoms with Crippen molar-refractivity contribution in [3.05, 3.63) is 29.2 Å². The van der Waals surface area contributed by atoms with E-state index < -0.39 is 15.9 Å². The Morgan fingerprint density at radius 1 is 1.50 bits per heavy atom. The first-order valence-corrected chi connectivity index (χ1v) is 8.65. The minimum Gasteiger partial charge on any atom is -0.396 e. The molecular formula is C13H19NO4S2. The fraction of sp³-hybridized carbons (Fsp3) is 0.462. The number of aliphatic hydroxyl groups excluding tert-OH is 1. The molecule has 1 rings (SSSR count). The van der Waals surface area contributed by atoms with Gasteiger partial charge in [0.15, 0.2) is 0 Å². The van der Waals surface area contributed by atoms with Crippen molar-refractivity contribution >= 4 is 27.3 Å². The van der Waals surface area contributed by atoms with Crippen LogP contribution in [-0.2, 0) is 14.8 Å². The molecule has 0 aliphatic rings. The Morgan fingerprint density at radius 3 is 2.70 bits per heavy atom. The lowest BCUT2D eigenvalue weighted by Crippen LogP contribution is -2.38. The van der Waals surface area contributed by atoms with E-state index in [0.717, 1.165) is 15.6 Å². The van der Waals surface area contributed by atoms with Crippen molar-refractivity contribution in [1.29, 1.82) is 0 Å². The lowest BCUT2D eigenvalue weighted by atomic mass is 10.2. The molecule has 112 valence electrons. The molecule has 0 aromatic carbocycles. The van der Waals surface area contributed by atoms with E-state index in [1.165, 1.54) is 6.07 Å². The number of thiophene rings is 1. The van der Waals surface area contributed by atoms with Crippen LogP contribution in [0.5, 0.6) is 0 Å². The van der Waals surface area contributed by atoms with Gasteiger partial charge in [-0.15, -0.1) is 11.3 Å². The molecule has 1 amide bonds. The van der Waals surface area contributed by atoms with E-state index in [1.807, 2.05) is 6.92 Å². The number of aliphatic hydroxyl groups is 1. The maximum absolute atomic E-state index is 12.5. The van der Waals surface area contributed by atoms with Gasteiger partial charge in [0.25, 0.3) is 15.9 Å². The summed E-state index contributed by atoms with van der Waals surface area (Å²) in [5.41, 5.74) is 0.394. The molecule has 20 heavy (non-hydrogen) atoms. The highest BCUT2D eigenvalue weighted by molar-refractivity contribution is 7.91. The van der Waals surface area contributed by atoms with E-state index in [0.29, 0.717) is 12.0 Å². The molecule has 1 aromatic rings. The molecule has 0 aliphatic heterocycles. The van der Waals surface area contributed by atoms with Gasteiger partial charge in [-0.3, -0.25) is 4.79 Å². The first-order valence-electron chi connectivity index (χ1n) is 6.33. The summed E-state index contributed by atoms with van der Waals surface area (Å²) in [6, 6.07) is 3.10. The Bertz CT molecular complexity index is 561. The van der Waals surface area contributed by atoms with Crippen LogP contribution < -0.4 is 0 Å². The number of hydrogen-bond donors (Lipinski definition) is 1. The van der Waals surface area contributed by atoms with Crippen LogP contribution in [0.3, 0.4) is 0 Å². The highest BCUT2D eigenvalue weighted by Crippen LogP contribution is 2.22. The second kappa shape index (κ2) is 7.56. The first-order chi connectivity index (χ1) is 9.45. The van der Waals surface area contributed by atoms with Crippen molar-refractivity contribution in [2.45, 2.75) is 30.9 Å². The smallest absolute Gasteiger partial charge is 0.276 e. The maximum Gasteiger partial charge on any atom is 0.276 e. The third-order valence-electron chi connectivity index (χ3n) is 2.63. The topological polar surface area (TPSA) is 74.7 Å². The Hall–Kier alpha value is -1.18. The zero-order chi connectivity index (χ0) is 15.2. The standard InChI is InChI=1S/C13H19NO4S2/c1-3-6-11(2)13(16)14(8-5-9-15)20(17,18)12-7-4-10-19-12/h4,6-7,10,15H,3,5,8-9H2,1-2H3/b11-6-. The van der Waals surface area contributed by atoms with Crippen molar-refractivity contribution in [2.75, 3.05) is 13.2 Å².